The van der Waals surface area contributed by atoms with Crippen LogP contribution in [0.25, 0.3) is 0 Å². The zero-order valence-corrected chi connectivity index (χ0v) is 17.5. The van der Waals surface area contributed by atoms with Crippen LogP contribution in [0.5, 0.6) is 0 Å². The predicted octanol–water partition coefficient (Wildman–Crippen LogP) is 3.14. The van der Waals surface area contributed by atoms with Gasteiger partial charge in [0.15, 0.2) is 9.84 Å². The number of nitrogens with zero attached hydrogens (tertiary/aromatic N) is 1. The van der Waals surface area contributed by atoms with E-state index in [4.69, 9.17) is 5.73 Å². The maximum atomic E-state index is 12.7. The van der Waals surface area contributed by atoms with Crippen molar-refractivity contribution in [1.82, 2.24) is 4.90 Å². The van der Waals surface area contributed by atoms with Crippen LogP contribution in [0.4, 0.5) is 0 Å². The molecule has 0 saturated carbocycles. The molecule has 0 aliphatic carbocycles. The summed E-state index contributed by atoms with van der Waals surface area (Å²) in [5, 5.41) is 0. The molecule has 2 aromatic carbocycles. The van der Waals surface area contributed by atoms with Gasteiger partial charge in [-0.1, -0.05) is 44.2 Å². The lowest BCUT2D eigenvalue weighted by Crippen LogP contribution is -2.39. The second-order valence-electron chi connectivity index (χ2n) is 7.30. The van der Waals surface area contributed by atoms with E-state index in [1.54, 1.807) is 66.5 Å². The quantitative estimate of drug-likeness (QED) is 0.760. The molecule has 0 unspecified atom stereocenters. The van der Waals surface area contributed by atoms with Crippen molar-refractivity contribution in [2.45, 2.75) is 24.5 Å². The van der Waals surface area contributed by atoms with E-state index in [2.05, 4.69) is 0 Å². The fraction of sp³-hybridized carbons (Fsp3) is 0.350. The number of carbonyl (C=O) groups is 1. The second kappa shape index (κ2) is 9.35. The molecule has 0 atom stereocenters. The molecule has 0 aliphatic heterocycles. The summed E-state index contributed by atoms with van der Waals surface area (Å²) < 4.78 is 25.1. The van der Waals surface area contributed by atoms with Gasteiger partial charge in [-0.05, 0) is 41.8 Å². The Hall–Kier alpha value is -1.89. The highest BCUT2D eigenvalue weighted by Crippen LogP contribution is 2.19. The van der Waals surface area contributed by atoms with E-state index >= 15 is 0 Å². The van der Waals surface area contributed by atoms with E-state index in [1.807, 2.05) is 13.8 Å². The van der Waals surface area contributed by atoms with Crippen LogP contribution in [0, 0.1) is 5.41 Å². The maximum absolute atomic E-state index is 12.7. The van der Waals surface area contributed by atoms with Crippen molar-refractivity contribution < 1.29 is 13.2 Å². The summed E-state index contributed by atoms with van der Waals surface area (Å²) in [6, 6.07) is 15.1. The van der Waals surface area contributed by atoms with Gasteiger partial charge in [0.1, 0.15) is 0 Å². The van der Waals surface area contributed by atoms with E-state index in [0.717, 1.165) is 0 Å². The summed E-state index contributed by atoms with van der Waals surface area (Å²) in [5.74, 6) is -0.290. The van der Waals surface area contributed by atoms with Gasteiger partial charge in [-0.2, -0.15) is 0 Å². The Balaban J connectivity index is 0.00000364. The van der Waals surface area contributed by atoms with Gasteiger partial charge in [-0.15, -0.1) is 12.4 Å². The summed E-state index contributed by atoms with van der Waals surface area (Å²) in [5.41, 5.74) is 6.62. The van der Waals surface area contributed by atoms with Gasteiger partial charge in [0.2, 0.25) is 0 Å². The van der Waals surface area contributed by atoms with Crippen molar-refractivity contribution in [2.75, 3.05) is 20.1 Å². The Bertz CT molecular complexity index is 868. The molecule has 7 heteroatoms. The van der Waals surface area contributed by atoms with E-state index < -0.39 is 9.84 Å². The van der Waals surface area contributed by atoms with Gasteiger partial charge < -0.3 is 10.6 Å². The Morgan fingerprint density at radius 1 is 1.07 bits per heavy atom. The molecule has 0 aliphatic rings. The van der Waals surface area contributed by atoms with Crippen molar-refractivity contribution in [3.8, 4) is 0 Å². The monoisotopic (exact) mass is 410 g/mol. The fourth-order valence-corrected chi connectivity index (χ4v) is 4.08. The number of hydrogen-bond donors (Lipinski definition) is 1. The number of halogens is 1. The molecule has 0 spiro atoms. The van der Waals surface area contributed by atoms with Crippen molar-refractivity contribution in [1.29, 1.82) is 0 Å². The Kier molecular flexibility index (Phi) is 8.02. The van der Waals surface area contributed by atoms with Gasteiger partial charge in [-0.3, -0.25) is 4.79 Å². The third kappa shape index (κ3) is 6.34. The van der Waals surface area contributed by atoms with Gasteiger partial charge in [0.25, 0.3) is 5.91 Å². The molecule has 2 N–H and O–H groups in total. The lowest BCUT2D eigenvalue weighted by Gasteiger charge is -2.29. The Morgan fingerprint density at radius 2 is 1.70 bits per heavy atom. The molecule has 0 radical (unpaired) electrons. The number of hydrogen-bond acceptors (Lipinski definition) is 4. The smallest absolute Gasteiger partial charge is 0.253 e. The normalized spacial score (nSPS) is 11.6. The molecule has 2 rings (SSSR count). The minimum Gasteiger partial charge on any atom is -0.341 e. The van der Waals surface area contributed by atoms with Crippen LogP contribution in [-0.4, -0.2) is 39.4 Å². The predicted molar refractivity (Wildman–Crippen MR) is 111 cm³/mol. The minimum absolute atomic E-state index is 0. The van der Waals surface area contributed by atoms with Crippen LogP contribution in [-0.2, 0) is 15.6 Å². The number of rotatable bonds is 7. The van der Waals surface area contributed by atoms with E-state index in [0.29, 0.717) is 24.2 Å². The second-order valence-corrected chi connectivity index (χ2v) is 9.29. The van der Waals surface area contributed by atoms with Crippen LogP contribution < -0.4 is 5.73 Å². The Labute approximate surface area is 167 Å². The largest absolute Gasteiger partial charge is 0.341 e. The first-order valence-electron chi connectivity index (χ1n) is 8.47. The van der Waals surface area contributed by atoms with Crippen molar-refractivity contribution in [2.24, 2.45) is 11.1 Å². The van der Waals surface area contributed by atoms with E-state index in [9.17, 15) is 13.2 Å². The first kappa shape index (κ1) is 23.1. The summed E-state index contributed by atoms with van der Waals surface area (Å²) in [6.45, 7) is 4.99. The molecule has 0 heterocycles. The molecular formula is C20H27ClN2O3S. The lowest BCUT2D eigenvalue weighted by atomic mass is 9.93. The average Bonchev–Trinajstić information content (AvgIpc) is 2.61. The van der Waals surface area contributed by atoms with Crippen LogP contribution in [0.15, 0.2) is 59.5 Å². The molecular weight excluding hydrogens is 384 g/mol. The van der Waals surface area contributed by atoms with E-state index in [1.165, 1.54) is 0 Å². The van der Waals surface area contributed by atoms with Crippen LogP contribution in [0.2, 0.25) is 0 Å². The minimum atomic E-state index is -3.45. The molecule has 5 nitrogen and oxygen atoms in total. The zero-order chi connectivity index (χ0) is 19.4. The fourth-order valence-electron chi connectivity index (χ4n) is 2.72. The summed E-state index contributed by atoms with van der Waals surface area (Å²) in [6.07, 6.45) is 0. The maximum Gasteiger partial charge on any atom is 0.253 e. The highest BCUT2D eigenvalue weighted by Gasteiger charge is 2.22. The highest BCUT2D eigenvalue weighted by molar-refractivity contribution is 7.90. The molecule has 0 aromatic heterocycles. The zero-order valence-electron chi connectivity index (χ0n) is 15.9. The standard InChI is InChI=1S/C20H26N2O3S.ClH/c1-20(2,14-21)15-22(3)19(23)17-9-7-8-16(12-17)13-26(24,25)18-10-5-4-6-11-18;/h4-12H,13-15,21H2,1-3H3;1H. The van der Waals surface area contributed by atoms with Crippen molar-refractivity contribution >= 4 is 28.2 Å². The lowest BCUT2D eigenvalue weighted by molar-refractivity contribution is 0.0740. The van der Waals surface area contributed by atoms with Gasteiger partial charge in [0, 0.05) is 19.2 Å². The molecule has 148 valence electrons. The van der Waals surface area contributed by atoms with Crippen molar-refractivity contribution in [3.05, 3.63) is 65.7 Å². The van der Waals surface area contributed by atoms with Crippen LogP contribution >= 0.6 is 12.4 Å². The summed E-state index contributed by atoms with van der Waals surface area (Å²) in [7, 11) is -1.72. The topological polar surface area (TPSA) is 80.5 Å². The molecule has 0 fully saturated rings. The first-order chi connectivity index (χ1) is 12.1. The molecule has 1 amide bonds. The SMILES string of the molecule is CN(CC(C)(C)CN)C(=O)c1cccc(CS(=O)(=O)c2ccccc2)c1.Cl. The molecule has 0 bridgehead atoms. The molecule has 27 heavy (non-hydrogen) atoms. The van der Waals surface area contributed by atoms with Gasteiger partial charge >= 0.3 is 0 Å². The van der Waals surface area contributed by atoms with Gasteiger partial charge in [-0.25, -0.2) is 8.42 Å². The van der Waals surface area contributed by atoms with Crippen molar-refractivity contribution in [3.63, 3.8) is 0 Å². The van der Waals surface area contributed by atoms with Gasteiger partial charge in [0.05, 0.1) is 10.6 Å². The van der Waals surface area contributed by atoms with Crippen LogP contribution in [0.1, 0.15) is 29.8 Å². The summed E-state index contributed by atoms with van der Waals surface area (Å²) in [4.78, 5) is 14.6. The number of nitrogens with two attached hydrogens (primary N) is 1. The number of amides is 1. The van der Waals surface area contributed by atoms with Crippen LogP contribution in [0.3, 0.4) is 0 Å². The molecule has 2 aromatic rings. The Morgan fingerprint density at radius 3 is 2.30 bits per heavy atom. The summed E-state index contributed by atoms with van der Waals surface area (Å²) >= 11 is 0. The first-order valence-corrected chi connectivity index (χ1v) is 10.1. The number of benzene rings is 2. The molecule has 0 saturated heterocycles. The third-order valence-corrected chi connectivity index (χ3v) is 5.90. The highest BCUT2D eigenvalue weighted by atomic mass is 35.5. The third-order valence-electron chi connectivity index (χ3n) is 4.20. The van der Waals surface area contributed by atoms with E-state index in [-0.39, 0.29) is 34.4 Å². The average molecular weight is 411 g/mol. The number of carbonyl (C=O) groups excluding carboxylic acids is 1. The number of sulfone groups is 1.